The van der Waals surface area contributed by atoms with Gasteiger partial charge in [-0.1, -0.05) is 24.8 Å². The summed E-state index contributed by atoms with van der Waals surface area (Å²) in [6, 6.07) is 17.5. The predicted molar refractivity (Wildman–Crippen MR) is 144 cm³/mol. The fourth-order valence-electron chi connectivity index (χ4n) is 4.66. The largest absolute Gasteiger partial charge is 0.373 e. The van der Waals surface area contributed by atoms with Crippen LogP contribution in [0, 0.1) is 0 Å². The van der Waals surface area contributed by atoms with E-state index < -0.39 is 0 Å². The summed E-state index contributed by atoms with van der Waals surface area (Å²) in [5, 5.41) is 6.10. The molecule has 1 aromatic carbocycles. The summed E-state index contributed by atoms with van der Waals surface area (Å²) >= 11 is 1.40. The Hall–Kier alpha value is -3.98. The van der Waals surface area contributed by atoms with E-state index in [-0.39, 0.29) is 17.9 Å². The number of hydrogen-bond acceptors (Lipinski definition) is 6. The Bertz CT molecular complexity index is 1420. The molecule has 0 unspecified atom stereocenters. The first kappa shape index (κ1) is 23.7. The molecule has 0 radical (unpaired) electrons. The van der Waals surface area contributed by atoms with E-state index in [9.17, 15) is 9.59 Å². The Morgan fingerprint density at radius 2 is 1.92 bits per heavy atom. The molecule has 9 heteroatoms. The highest BCUT2D eigenvalue weighted by atomic mass is 32.1. The molecule has 0 aliphatic carbocycles. The first-order valence-electron chi connectivity index (χ1n) is 12.0. The maximum absolute atomic E-state index is 13.3. The van der Waals surface area contributed by atoms with Gasteiger partial charge in [0.15, 0.2) is 0 Å². The molecule has 5 rings (SSSR count). The van der Waals surface area contributed by atoms with Gasteiger partial charge in [0.25, 0.3) is 5.91 Å². The average molecular weight is 501 g/mol. The molecule has 1 aliphatic rings. The zero-order valence-electron chi connectivity index (χ0n) is 20.1. The molecular formula is C27H28N6O2S. The van der Waals surface area contributed by atoms with Crippen molar-refractivity contribution in [3.05, 3.63) is 72.1 Å². The van der Waals surface area contributed by atoms with E-state index in [1.54, 1.807) is 0 Å². The number of fused-ring (bicyclic) bond motifs is 1. The lowest BCUT2D eigenvalue weighted by Gasteiger charge is -2.21. The monoisotopic (exact) mass is 500 g/mol. The molecule has 4 heterocycles. The maximum Gasteiger partial charge on any atom is 0.268 e. The van der Waals surface area contributed by atoms with E-state index >= 15 is 0 Å². The zero-order valence-corrected chi connectivity index (χ0v) is 20.9. The van der Waals surface area contributed by atoms with E-state index in [1.807, 2.05) is 66.5 Å². The first-order chi connectivity index (χ1) is 17.6. The van der Waals surface area contributed by atoms with Gasteiger partial charge in [-0.2, -0.15) is 0 Å². The van der Waals surface area contributed by atoms with E-state index in [0.29, 0.717) is 23.9 Å². The normalized spacial score (nSPS) is 15.9. The molecule has 1 aliphatic heterocycles. The molecule has 2 N–H and O–H groups in total. The van der Waals surface area contributed by atoms with Gasteiger partial charge in [-0.3, -0.25) is 14.9 Å². The summed E-state index contributed by atoms with van der Waals surface area (Å²) in [6.45, 7) is 4.97. The van der Waals surface area contributed by atoms with Crippen molar-refractivity contribution >= 4 is 46.0 Å². The van der Waals surface area contributed by atoms with Crippen LogP contribution in [-0.2, 0) is 4.79 Å². The summed E-state index contributed by atoms with van der Waals surface area (Å²) in [5.74, 6) is 1.06. The number of amides is 2. The fraction of sp³-hybridized carbons (Fsp3) is 0.259. The van der Waals surface area contributed by atoms with Crippen molar-refractivity contribution in [3.63, 3.8) is 0 Å². The maximum atomic E-state index is 13.3. The predicted octanol–water partition coefficient (Wildman–Crippen LogP) is 5.19. The molecule has 1 atom stereocenters. The molecule has 1 fully saturated rings. The quantitative estimate of drug-likeness (QED) is 0.355. The Morgan fingerprint density at radius 3 is 2.75 bits per heavy atom. The lowest BCUT2D eigenvalue weighted by molar-refractivity contribution is -0.125. The number of nitrogens with one attached hydrogen (secondary N) is 2. The minimum atomic E-state index is -0.204. The highest BCUT2D eigenvalue weighted by Crippen LogP contribution is 2.32. The second-order valence-electron chi connectivity index (χ2n) is 8.68. The molecule has 4 aromatic rings. The van der Waals surface area contributed by atoms with E-state index in [2.05, 4.69) is 26.8 Å². The molecule has 0 spiro atoms. The number of carbonyl (C=O) groups is 2. The highest BCUT2D eigenvalue weighted by Gasteiger charge is 2.25. The zero-order chi connectivity index (χ0) is 25.1. The van der Waals surface area contributed by atoms with Crippen molar-refractivity contribution in [1.82, 2.24) is 19.4 Å². The molecule has 8 nitrogen and oxygen atoms in total. The number of imidazole rings is 1. The van der Waals surface area contributed by atoms with Crippen molar-refractivity contribution in [3.8, 4) is 10.6 Å². The van der Waals surface area contributed by atoms with Crippen molar-refractivity contribution in [2.24, 2.45) is 0 Å². The lowest BCUT2D eigenvalue weighted by atomic mass is 10.1. The van der Waals surface area contributed by atoms with Crippen LogP contribution in [0.3, 0.4) is 0 Å². The van der Waals surface area contributed by atoms with E-state index in [0.717, 1.165) is 46.7 Å². The Balaban J connectivity index is 1.41. The summed E-state index contributed by atoms with van der Waals surface area (Å²) in [7, 11) is 1.83. The number of hydrogen-bond donors (Lipinski definition) is 2. The second kappa shape index (κ2) is 10.3. The number of pyridine rings is 1. The van der Waals surface area contributed by atoms with Crippen LogP contribution < -0.4 is 10.6 Å². The summed E-state index contributed by atoms with van der Waals surface area (Å²) < 4.78 is 2.13. The molecule has 1 saturated heterocycles. The van der Waals surface area contributed by atoms with Crippen molar-refractivity contribution in [2.45, 2.75) is 25.3 Å². The third kappa shape index (κ3) is 4.74. The van der Waals surface area contributed by atoms with Crippen LogP contribution >= 0.6 is 11.3 Å². The van der Waals surface area contributed by atoms with Gasteiger partial charge >= 0.3 is 0 Å². The van der Waals surface area contributed by atoms with Crippen LogP contribution in [0.5, 0.6) is 0 Å². The fourth-order valence-corrected chi connectivity index (χ4v) is 5.53. The number of carbonyl (C=O) groups excluding carboxylic acids is 2. The third-order valence-corrected chi connectivity index (χ3v) is 7.56. The van der Waals surface area contributed by atoms with Crippen LogP contribution in [0.15, 0.2) is 67.3 Å². The van der Waals surface area contributed by atoms with Gasteiger partial charge in [-0.15, -0.1) is 11.3 Å². The van der Waals surface area contributed by atoms with Gasteiger partial charge in [0.1, 0.15) is 5.82 Å². The summed E-state index contributed by atoms with van der Waals surface area (Å²) in [6.07, 6.45) is 3.91. The molecule has 184 valence electrons. The number of anilines is 2. The molecule has 3 aromatic heterocycles. The minimum Gasteiger partial charge on any atom is -0.373 e. The number of thiophene rings is 1. The second-order valence-corrected chi connectivity index (χ2v) is 9.77. The van der Waals surface area contributed by atoms with Crippen molar-refractivity contribution < 1.29 is 9.59 Å². The molecule has 0 bridgehead atoms. The number of rotatable bonds is 6. The number of para-hydroxylation sites is 2. The minimum absolute atomic E-state index is 0.0390. The van der Waals surface area contributed by atoms with Gasteiger partial charge in [0.2, 0.25) is 11.9 Å². The van der Waals surface area contributed by atoms with Crippen LogP contribution in [-0.4, -0.2) is 51.4 Å². The Morgan fingerprint density at radius 1 is 1.06 bits per heavy atom. The number of benzene rings is 1. The SMILES string of the molecule is C=CC(=O)N1CCC[C@@H](n2c(NC(=O)c3ccc(-c4cccc(NC)n4)s3)nc3ccccc32)CC1. The molecule has 2 amide bonds. The average Bonchev–Trinajstić information content (AvgIpc) is 3.47. The molecule has 0 saturated carbocycles. The lowest BCUT2D eigenvalue weighted by Crippen LogP contribution is -2.30. The molecule has 36 heavy (non-hydrogen) atoms. The Kier molecular flexibility index (Phi) is 6.81. The number of likely N-dealkylation sites (tertiary alicyclic amines) is 1. The first-order valence-corrected chi connectivity index (χ1v) is 12.8. The topological polar surface area (TPSA) is 92.2 Å². The number of aromatic nitrogens is 3. The summed E-state index contributed by atoms with van der Waals surface area (Å²) in [5.41, 5.74) is 2.62. The van der Waals surface area contributed by atoms with Crippen LogP contribution in [0.25, 0.3) is 21.6 Å². The molecular weight excluding hydrogens is 472 g/mol. The Labute approximate surface area is 213 Å². The van der Waals surface area contributed by atoms with Gasteiger partial charge < -0.3 is 14.8 Å². The van der Waals surface area contributed by atoms with E-state index in [1.165, 1.54) is 17.4 Å². The van der Waals surface area contributed by atoms with Crippen molar-refractivity contribution in [2.75, 3.05) is 30.8 Å². The van der Waals surface area contributed by atoms with E-state index in [4.69, 9.17) is 4.98 Å². The van der Waals surface area contributed by atoms with Gasteiger partial charge in [0, 0.05) is 26.2 Å². The number of nitrogens with zero attached hydrogens (tertiary/aromatic N) is 4. The third-order valence-electron chi connectivity index (χ3n) is 6.46. The van der Waals surface area contributed by atoms with Crippen LogP contribution in [0.4, 0.5) is 11.8 Å². The summed E-state index contributed by atoms with van der Waals surface area (Å²) in [4.78, 5) is 38.1. The van der Waals surface area contributed by atoms with Gasteiger partial charge in [-0.25, -0.2) is 9.97 Å². The van der Waals surface area contributed by atoms with Gasteiger partial charge in [-0.05, 0) is 61.7 Å². The smallest absolute Gasteiger partial charge is 0.268 e. The van der Waals surface area contributed by atoms with Gasteiger partial charge in [0.05, 0.1) is 26.5 Å². The highest BCUT2D eigenvalue weighted by molar-refractivity contribution is 7.17. The van der Waals surface area contributed by atoms with Crippen LogP contribution in [0.1, 0.15) is 35.0 Å². The van der Waals surface area contributed by atoms with Crippen molar-refractivity contribution in [1.29, 1.82) is 0 Å². The standard InChI is InChI=1S/C27H28N6O2S/c1-3-25(34)32-16-7-8-18(15-17-32)33-21-11-5-4-9-19(21)30-27(33)31-26(35)23-14-13-22(36-23)20-10-6-12-24(28-2)29-20/h3-6,9-14,18H,1,7-8,15-17H2,2H3,(H,28,29)(H,30,31,35)/t18-/m1/s1. The van der Waals surface area contributed by atoms with Crippen LogP contribution in [0.2, 0.25) is 0 Å².